The molecule has 128 valence electrons. The SMILES string of the molecule is CC(C)C[C@@H](NC(=O)c1ccccc1Cl)C(=O)NCc1ccco1. The van der Waals surface area contributed by atoms with Crippen molar-refractivity contribution in [3.05, 3.63) is 59.0 Å². The number of benzene rings is 1. The van der Waals surface area contributed by atoms with E-state index >= 15 is 0 Å². The van der Waals surface area contributed by atoms with Crippen LogP contribution >= 0.6 is 11.6 Å². The minimum absolute atomic E-state index is 0.246. The molecule has 0 spiro atoms. The second kappa shape index (κ2) is 8.55. The van der Waals surface area contributed by atoms with Crippen LogP contribution in [0, 0.1) is 5.92 Å². The lowest BCUT2D eigenvalue weighted by Crippen LogP contribution is -2.47. The van der Waals surface area contributed by atoms with Crippen molar-refractivity contribution in [2.75, 3.05) is 0 Å². The Bertz CT molecular complexity index is 683. The second-order valence-corrected chi connectivity index (χ2v) is 6.34. The average molecular weight is 349 g/mol. The normalized spacial score (nSPS) is 12.0. The Morgan fingerprint density at radius 1 is 1.17 bits per heavy atom. The molecule has 2 amide bonds. The molecule has 2 N–H and O–H groups in total. The van der Waals surface area contributed by atoms with E-state index in [9.17, 15) is 9.59 Å². The first-order valence-electron chi connectivity index (χ1n) is 7.83. The Morgan fingerprint density at radius 3 is 2.54 bits per heavy atom. The van der Waals surface area contributed by atoms with Crippen LogP contribution in [0.1, 0.15) is 36.4 Å². The van der Waals surface area contributed by atoms with Gasteiger partial charge in [0.1, 0.15) is 11.8 Å². The van der Waals surface area contributed by atoms with Crippen molar-refractivity contribution in [2.45, 2.75) is 32.9 Å². The molecule has 2 rings (SSSR count). The van der Waals surface area contributed by atoms with Crippen LogP contribution in [-0.4, -0.2) is 17.9 Å². The Hall–Kier alpha value is -2.27. The van der Waals surface area contributed by atoms with Gasteiger partial charge in [0.05, 0.1) is 23.4 Å². The molecule has 0 fully saturated rings. The maximum absolute atomic E-state index is 12.4. The number of carbonyl (C=O) groups excluding carboxylic acids is 2. The highest BCUT2D eigenvalue weighted by molar-refractivity contribution is 6.33. The van der Waals surface area contributed by atoms with Gasteiger partial charge in [-0.1, -0.05) is 37.6 Å². The fourth-order valence-corrected chi connectivity index (χ4v) is 2.52. The maximum Gasteiger partial charge on any atom is 0.253 e. The predicted molar refractivity (Wildman–Crippen MR) is 92.7 cm³/mol. The highest BCUT2D eigenvalue weighted by atomic mass is 35.5. The first-order valence-corrected chi connectivity index (χ1v) is 8.20. The quantitative estimate of drug-likeness (QED) is 0.805. The molecule has 0 aliphatic heterocycles. The summed E-state index contributed by atoms with van der Waals surface area (Å²) >= 11 is 6.04. The van der Waals surface area contributed by atoms with E-state index < -0.39 is 6.04 Å². The lowest BCUT2D eigenvalue weighted by molar-refractivity contribution is -0.123. The van der Waals surface area contributed by atoms with Crippen LogP contribution in [0.15, 0.2) is 47.1 Å². The van der Waals surface area contributed by atoms with Crippen molar-refractivity contribution >= 4 is 23.4 Å². The number of amides is 2. The molecule has 0 aliphatic rings. The molecule has 0 unspecified atom stereocenters. The lowest BCUT2D eigenvalue weighted by atomic mass is 10.0. The van der Waals surface area contributed by atoms with Crippen molar-refractivity contribution in [1.82, 2.24) is 10.6 Å². The molecule has 1 aromatic carbocycles. The van der Waals surface area contributed by atoms with Crippen LogP contribution in [0.25, 0.3) is 0 Å². The third-order valence-electron chi connectivity index (χ3n) is 3.46. The van der Waals surface area contributed by atoms with Crippen molar-refractivity contribution in [3.63, 3.8) is 0 Å². The molecule has 1 heterocycles. The van der Waals surface area contributed by atoms with E-state index in [1.54, 1.807) is 42.7 Å². The minimum Gasteiger partial charge on any atom is -0.467 e. The molecule has 0 saturated heterocycles. The van der Waals surface area contributed by atoms with Gasteiger partial charge in [0, 0.05) is 0 Å². The molecule has 0 radical (unpaired) electrons. The topological polar surface area (TPSA) is 71.3 Å². The predicted octanol–water partition coefficient (Wildman–Crippen LogP) is 3.39. The lowest BCUT2D eigenvalue weighted by Gasteiger charge is -2.20. The smallest absolute Gasteiger partial charge is 0.253 e. The number of carbonyl (C=O) groups is 2. The number of halogens is 1. The van der Waals surface area contributed by atoms with Gasteiger partial charge in [-0.25, -0.2) is 0 Å². The zero-order valence-corrected chi connectivity index (χ0v) is 14.5. The largest absolute Gasteiger partial charge is 0.467 e. The van der Waals surface area contributed by atoms with Crippen LogP contribution in [0.5, 0.6) is 0 Å². The second-order valence-electron chi connectivity index (χ2n) is 5.93. The van der Waals surface area contributed by atoms with E-state index in [-0.39, 0.29) is 24.3 Å². The van der Waals surface area contributed by atoms with Crippen LogP contribution in [-0.2, 0) is 11.3 Å². The molecule has 0 saturated carbocycles. The molecule has 2 aromatic rings. The van der Waals surface area contributed by atoms with Gasteiger partial charge >= 0.3 is 0 Å². The third-order valence-corrected chi connectivity index (χ3v) is 3.79. The number of rotatable bonds is 7. The summed E-state index contributed by atoms with van der Waals surface area (Å²) in [6.45, 7) is 4.27. The van der Waals surface area contributed by atoms with Gasteiger partial charge in [0.25, 0.3) is 5.91 Å². The minimum atomic E-state index is -0.635. The van der Waals surface area contributed by atoms with Gasteiger partial charge in [0.2, 0.25) is 5.91 Å². The maximum atomic E-state index is 12.4. The standard InChI is InChI=1S/C18H21ClN2O3/c1-12(2)10-16(18(23)20-11-13-6-5-9-24-13)21-17(22)14-7-3-4-8-15(14)19/h3-9,12,16H,10-11H2,1-2H3,(H,20,23)(H,21,22)/t16-/m1/s1. The number of nitrogens with one attached hydrogen (secondary N) is 2. The Balaban J connectivity index is 2.03. The van der Waals surface area contributed by atoms with E-state index in [2.05, 4.69) is 10.6 Å². The summed E-state index contributed by atoms with van der Waals surface area (Å²) in [6.07, 6.45) is 2.08. The van der Waals surface area contributed by atoms with Crippen molar-refractivity contribution in [3.8, 4) is 0 Å². The summed E-state index contributed by atoms with van der Waals surface area (Å²) < 4.78 is 5.19. The summed E-state index contributed by atoms with van der Waals surface area (Å²) in [5.74, 6) is 0.292. The van der Waals surface area contributed by atoms with Gasteiger partial charge < -0.3 is 15.1 Å². The zero-order chi connectivity index (χ0) is 17.5. The molecule has 6 heteroatoms. The van der Waals surface area contributed by atoms with Gasteiger partial charge in [-0.2, -0.15) is 0 Å². The van der Waals surface area contributed by atoms with Gasteiger partial charge in [0.15, 0.2) is 0 Å². The number of hydrogen-bond donors (Lipinski definition) is 2. The summed E-state index contributed by atoms with van der Waals surface area (Å²) in [6, 6.07) is 9.65. The monoisotopic (exact) mass is 348 g/mol. The fraction of sp³-hybridized carbons (Fsp3) is 0.333. The first-order chi connectivity index (χ1) is 11.5. The van der Waals surface area contributed by atoms with E-state index in [1.165, 1.54) is 0 Å². The third kappa shape index (κ3) is 5.13. The van der Waals surface area contributed by atoms with E-state index in [1.807, 2.05) is 13.8 Å². The molecule has 5 nitrogen and oxygen atoms in total. The summed E-state index contributed by atoms with van der Waals surface area (Å²) in [5, 5.41) is 5.91. The van der Waals surface area contributed by atoms with E-state index in [0.29, 0.717) is 22.8 Å². The Labute approximate surface area is 146 Å². The van der Waals surface area contributed by atoms with Gasteiger partial charge in [-0.15, -0.1) is 0 Å². The van der Waals surface area contributed by atoms with Crippen LogP contribution in [0.4, 0.5) is 0 Å². The zero-order valence-electron chi connectivity index (χ0n) is 13.7. The molecular weight excluding hydrogens is 328 g/mol. The highest BCUT2D eigenvalue weighted by Gasteiger charge is 2.23. The average Bonchev–Trinajstić information content (AvgIpc) is 3.05. The summed E-state index contributed by atoms with van der Waals surface area (Å²) in [7, 11) is 0. The van der Waals surface area contributed by atoms with Gasteiger partial charge in [-0.05, 0) is 36.6 Å². The summed E-state index contributed by atoms with van der Waals surface area (Å²) in [5.41, 5.74) is 0.353. The molecule has 0 bridgehead atoms. The van der Waals surface area contributed by atoms with E-state index in [4.69, 9.17) is 16.0 Å². The van der Waals surface area contributed by atoms with Crippen molar-refractivity contribution in [2.24, 2.45) is 5.92 Å². The summed E-state index contributed by atoms with van der Waals surface area (Å²) in [4.78, 5) is 24.8. The Kier molecular flexibility index (Phi) is 6.44. The highest BCUT2D eigenvalue weighted by Crippen LogP contribution is 2.15. The fourth-order valence-electron chi connectivity index (χ4n) is 2.29. The molecule has 1 aromatic heterocycles. The molecule has 0 aliphatic carbocycles. The Morgan fingerprint density at radius 2 is 1.92 bits per heavy atom. The first kappa shape index (κ1) is 18.1. The molecule has 1 atom stereocenters. The van der Waals surface area contributed by atoms with Crippen LogP contribution in [0.2, 0.25) is 5.02 Å². The van der Waals surface area contributed by atoms with Crippen LogP contribution < -0.4 is 10.6 Å². The van der Waals surface area contributed by atoms with Crippen molar-refractivity contribution in [1.29, 1.82) is 0 Å². The van der Waals surface area contributed by atoms with E-state index in [0.717, 1.165) is 0 Å². The van der Waals surface area contributed by atoms with Crippen LogP contribution in [0.3, 0.4) is 0 Å². The molecular formula is C18H21ClN2O3. The van der Waals surface area contributed by atoms with Crippen molar-refractivity contribution < 1.29 is 14.0 Å². The molecule has 24 heavy (non-hydrogen) atoms. The van der Waals surface area contributed by atoms with Gasteiger partial charge in [-0.3, -0.25) is 9.59 Å². The number of furan rings is 1. The number of hydrogen-bond acceptors (Lipinski definition) is 3.